The zero-order chi connectivity index (χ0) is 16.3. The average Bonchev–Trinajstić information content (AvgIpc) is 2.46. The van der Waals surface area contributed by atoms with E-state index in [9.17, 15) is 13.2 Å². The summed E-state index contributed by atoms with van der Waals surface area (Å²) in [6.07, 6.45) is 2.33. The van der Waals surface area contributed by atoms with Crippen molar-refractivity contribution in [3.8, 4) is 0 Å². The van der Waals surface area contributed by atoms with Gasteiger partial charge >= 0.3 is 0 Å². The molecule has 120 valence electrons. The summed E-state index contributed by atoms with van der Waals surface area (Å²) in [6, 6.07) is 6.77. The largest absolute Gasteiger partial charge is 0.318 e. The number of aryl methyl sites for hydroxylation is 1. The van der Waals surface area contributed by atoms with Gasteiger partial charge in [-0.1, -0.05) is 24.6 Å². The molecule has 1 unspecified atom stereocenters. The van der Waals surface area contributed by atoms with Gasteiger partial charge in [-0.05, 0) is 25.5 Å². The molecule has 0 spiro atoms. The quantitative estimate of drug-likeness (QED) is 0.773. The molecule has 0 aromatic heterocycles. The fourth-order valence-electron chi connectivity index (χ4n) is 2.44. The van der Waals surface area contributed by atoms with Gasteiger partial charge in [-0.3, -0.25) is 4.79 Å². The number of nitrogens with zero attached hydrogens (tertiary/aromatic N) is 1. The highest BCUT2D eigenvalue weighted by atomic mass is 35.5. The van der Waals surface area contributed by atoms with Gasteiger partial charge in [-0.15, -0.1) is 11.6 Å². The maximum absolute atomic E-state index is 12.8. The third-order valence-electron chi connectivity index (χ3n) is 3.74. The number of amides is 1. The summed E-state index contributed by atoms with van der Waals surface area (Å²) < 4.78 is 25.6. The van der Waals surface area contributed by atoms with Gasteiger partial charge in [0.1, 0.15) is 0 Å². The standard InChI is InChI=1S/C16H20ClNO3S/c1-12-4-6-14(7-5-12)22(20,21)15-11-18(9-3-8-17)16(19)10-13(15)2/h4-7,11,13H,3,8-10H2,1-2H3. The van der Waals surface area contributed by atoms with Crippen LogP contribution in [0, 0.1) is 12.8 Å². The lowest BCUT2D eigenvalue weighted by Gasteiger charge is -2.28. The van der Waals surface area contributed by atoms with Gasteiger partial charge in [0.25, 0.3) is 0 Å². The van der Waals surface area contributed by atoms with E-state index in [1.807, 2.05) is 6.92 Å². The summed E-state index contributed by atoms with van der Waals surface area (Å²) in [5, 5.41) is 0. The molecule has 6 heteroatoms. The molecule has 1 heterocycles. The molecule has 4 nitrogen and oxygen atoms in total. The number of hydrogen-bond donors (Lipinski definition) is 0. The Morgan fingerprint density at radius 2 is 1.91 bits per heavy atom. The van der Waals surface area contributed by atoms with Crippen molar-refractivity contribution in [3.63, 3.8) is 0 Å². The van der Waals surface area contributed by atoms with E-state index < -0.39 is 9.84 Å². The first kappa shape index (κ1) is 17.0. The fourth-order valence-corrected chi connectivity index (χ4v) is 4.20. The van der Waals surface area contributed by atoms with Crippen LogP contribution in [-0.4, -0.2) is 31.6 Å². The first-order valence-corrected chi connectivity index (χ1v) is 9.27. The molecule has 0 radical (unpaired) electrons. The van der Waals surface area contributed by atoms with Crippen molar-refractivity contribution in [2.45, 2.75) is 31.6 Å². The third kappa shape index (κ3) is 3.52. The van der Waals surface area contributed by atoms with Crippen molar-refractivity contribution in [1.29, 1.82) is 0 Å². The molecule has 1 aromatic carbocycles. The number of carbonyl (C=O) groups is 1. The lowest BCUT2D eigenvalue weighted by molar-refractivity contribution is -0.130. The normalized spacial score (nSPS) is 19.2. The summed E-state index contributed by atoms with van der Waals surface area (Å²) >= 11 is 5.66. The number of carbonyl (C=O) groups excluding carboxylic acids is 1. The van der Waals surface area contributed by atoms with Gasteiger partial charge in [0.2, 0.25) is 15.7 Å². The van der Waals surface area contributed by atoms with Crippen LogP contribution in [0.3, 0.4) is 0 Å². The smallest absolute Gasteiger partial charge is 0.227 e. The molecule has 1 aliphatic heterocycles. The Morgan fingerprint density at radius 1 is 1.27 bits per heavy atom. The van der Waals surface area contributed by atoms with E-state index in [1.54, 1.807) is 31.2 Å². The van der Waals surface area contributed by atoms with Crippen molar-refractivity contribution in [1.82, 2.24) is 4.90 Å². The van der Waals surface area contributed by atoms with E-state index in [0.29, 0.717) is 23.8 Å². The molecule has 2 rings (SSSR count). The monoisotopic (exact) mass is 341 g/mol. The molecule has 0 bridgehead atoms. The van der Waals surface area contributed by atoms with Gasteiger partial charge in [0.15, 0.2) is 0 Å². The summed E-state index contributed by atoms with van der Waals surface area (Å²) in [6.45, 7) is 4.13. The number of benzene rings is 1. The molecule has 0 N–H and O–H groups in total. The number of rotatable bonds is 5. The summed E-state index contributed by atoms with van der Waals surface area (Å²) in [5.74, 6) is 0.0688. The predicted molar refractivity (Wildman–Crippen MR) is 87.3 cm³/mol. The number of allylic oxidation sites excluding steroid dienone is 1. The SMILES string of the molecule is Cc1ccc(S(=O)(=O)C2=CN(CCCCl)C(=O)CC2C)cc1. The zero-order valence-electron chi connectivity index (χ0n) is 12.8. The molecular formula is C16H20ClNO3S. The number of sulfone groups is 1. The highest BCUT2D eigenvalue weighted by Gasteiger charge is 2.32. The summed E-state index contributed by atoms with van der Waals surface area (Å²) in [5.41, 5.74) is 1.00. The second kappa shape index (κ2) is 6.84. The number of hydrogen-bond acceptors (Lipinski definition) is 3. The van der Waals surface area contributed by atoms with E-state index >= 15 is 0 Å². The fraction of sp³-hybridized carbons (Fsp3) is 0.438. The Bertz CT molecular complexity index is 680. The Kier molecular flexibility index (Phi) is 5.29. The Morgan fingerprint density at radius 3 is 2.50 bits per heavy atom. The van der Waals surface area contributed by atoms with Crippen molar-refractivity contribution in [2.24, 2.45) is 5.92 Å². The van der Waals surface area contributed by atoms with Gasteiger partial charge in [0, 0.05) is 31.0 Å². The molecule has 0 saturated heterocycles. The molecule has 0 aliphatic carbocycles. The van der Waals surface area contributed by atoms with Crippen LogP contribution in [0.5, 0.6) is 0 Å². The van der Waals surface area contributed by atoms with Crippen LogP contribution in [0.4, 0.5) is 0 Å². The maximum Gasteiger partial charge on any atom is 0.227 e. The molecule has 1 aliphatic rings. The van der Waals surface area contributed by atoms with Crippen LogP contribution in [-0.2, 0) is 14.6 Å². The van der Waals surface area contributed by atoms with Crippen molar-refractivity contribution < 1.29 is 13.2 Å². The van der Waals surface area contributed by atoms with E-state index in [0.717, 1.165) is 5.56 Å². The average molecular weight is 342 g/mol. The first-order chi connectivity index (χ1) is 10.4. The third-order valence-corrected chi connectivity index (χ3v) is 6.03. The zero-order valence-corrected chi connectivity index (χ0v) is 14.3. The predicted octanol–water partition coefficient (Wildman–Crippen LogP) is 3.11. The highest BCUT2D eigenvalue weighted by molar-refractivity contribution is 7.95. The number of alkyl halides is 1. The van der Waals surface area contributed by atoms with E-state index in [1.165, 1.54) is 11.1 Å². The Balaban J connectivity index is 2.38. The van der Waals surface area contributed by atoms with Crippen LogP contribution in [0.2, 0.25) is 0 Å². The minimum atomic E-state index is -3.58. The Hall–Kier alpha value is -1.33. The molecule has 0 fully saturated rings. The van der Waals surface area contributed by atoms with Crippen LogP contribution >= 0.6 is 11.6 Å². The van der Waals surface area contributed by atoms with Gasteiger partial charge < -0.3 is 4.90 Å². The Labute approximate surface area is 136 Å². The highest BCUT2D eigenvalue weighted by Crippen LogP contribution is 2.31. The van der Waals surface area contributed by atoms with Gasteiger partial charge in [-0.25, -0.2) is 8.42 Å². The van der Waals surface area contributed by atoms with E-state index in [-0.39, 0.29) is 23.1 Å². The summed E-state index contributed by atoms with van der Waals surface area (Å²) in [4.78, 5) is 14.0. The second-order valence-corrected chi connectivity index (χ2v) is 7.91. The maximum atomic E-state index is 12.8. The summed E-state index contributed by atoms with van der Waals surface area (Å²) in [7, 11) is -3.58. The molecule has 1 amide bonds. The first-order valence-electron chi connectivity index (χ1n) is 7.25. The number of halogens is 1. The molecular weight excluding hydrogens is 322 g/mol. The molecule has 0 saturated carbocycles. The van der Waals surface area contributed by atoms with E-state index in [4.69, 9.17) is 11.6 Å². The topological polar surface area (TPSA) is 54.5 Å². The van der Waals surface area contributed by atoms with Crippen LogP contribution in [0.25, 0.3) is 0 Å². The minimum absolute atomic E-state index is 0.0551. The lowest BCUT2D eigenvalue weighted by Crippen LogP contribution is -2.35. The minimum Gasteiger partial charge on any atom is -0.318 e. The van der Waals surface area contributed by atoms with Gasteiger partial charge in [0.05, 0.1) is 9.80 Å². The van der Waals surface area contributed by atoms with Gasteiger partial charge in [-0.2, -0.15) is 0 Å². The van der Waals surface area contributed by atoms with Crippen LogP contribution in [0.1, 0.15) is 25.3 Å². The van der Waals surface area contributed by atoms with Crippen LogP contribution < -0.4 is 0 Å². The van der Waals surface area contributed by atoms with Crippen molar-refractivity contribution >= 4 is 27.3 Å². The molecule has 1 aromatic rings. The molecule has 22 heavy (non-hydrogen) atoms. The van der Waals surface area contributed by atoms with E-state index in [2.05, 4.69) is 0 Å². The van der Waals surface area contributed by atoms with Crippen molar-refractivity contribution in [3.05, 3.63) is 40.9 Å². The molecule has 1 atom stereocenters. The lowest BCUT2D eigenvalue weighted by atomic mass is 10.0. The van der Waals surface area contributed by atoms with Crippen LogP contribution in [0.15, 0.2) is 40.3 Å². The van der Waals surface area contributed by atoms with Crippen molar-refractivity contribution in [2.75, 3.05) is 12.4 Å². The second-order valence-electron chi connectivity index (χ2n) is 5.58.